The molecule has 0 aliphatic heterocycles. The molecule has 0 unspecified atom stereocenters. The topological polar surface area (TPSA) is 51.5 Å². The Morgan fingerprint density at radius 1 is 1.30 bits per heavy atom. The Bertz CT molecular complexity index is 540. The van der Waals surface area contributed by atoms with Gasteiger partial charge in [-0.3, -0.25) is 4.79 Å². The smallest absolute Gasteiger partial charge is 0.230 e. The van der Waals surface area contributed by atoms with Gasteiger partial charge in [0.25, 0.3) is 0 Å². The Kier molecular flexibility index (Phi) is 5.55. The van der Waals surface area contributed by atoms with Gasteiger partial charge < -0.3 is 14.5 Å². The van der Waals surface area contributed by atoms with Crippen LogP contribution in [0.15, 0.2) is 47.1 Å². The van der Waals surface area contributed by atoms with Crippen molar-refractivity contribution >= 4 is 17.7 Å². The van der Waals surface area contributed by atoms with Crippen molar-refractivity contribution in [2.45, 2.75) is 12.3 Å². The van der Waals surface area contributed by atoms with Crippen LogP contribution in [0.4, 0.5) is 0 Å². The molecular formula is C15H17NO3S. The van der Waals surface area contributed by atoms with E-state index >= 15 is 0 Å². The van der Waals surface area contributed by atoms with Gasteiger partial charge in [-0.2, -0.15) is 0 Å². The van der Waals surface area contributed by atoms with E-state index in [1.54, 1.807) is 13.4 Å². The van der Waals surface area contributed by atoms with Crippen LogP contribution in [0, 0.1) is 0 Å². The Balaban J connectivity index is 1.72. The fraction of sp³-hybridized carbons (Fsp3) is 0.267. The molecule has 0 aliphatic rings. The van der Waals surface area contributed by atoms with Crippen LogP contribution in [0.5, 0.6) is 5.75 Å². The van der Waals surface area contributed by atoms with E-state index in [1.807, 2.05) is 36.4 Å². The molecule has 1 heterocycles. The molecule has 1 N–H and O–H groups in total. The Labute approximate surface area is 122 Å². The summed E-state index contributed by atoms with van der Waals surface area (Å²) in [7, 11) is 1.62. The van der Waals surface area contributed by atoms with E-state index in [-0.39, 0.29) is 5.91 Å². The zero-order valence-electron chi connectivity index (χ0n) is 11.3. The van der Waals surface area contributed by atoms with Gasteiger partial charge >= 0.3 is 0 Å². The van der Waals surface area contributed by atoms with Crippen LogP contribution in [0.3, 0.4) is 0 Å². The van der Waals surface area contributed by atoms with E-state index in [4.69, 9.17) is 9.15 Å². The minimum atomic E-state index is 0.00691. The van der Waals surface area contributed by atoms with Crippen molar-refractivity contribution in [3.8, 4) is 5.75 Å². The lowest BCUT2D eigenvalue weighted by molar-refractivity contribution is -0.118. The molecule has 106 valence electrons. The quantitative estimate of drug-likeness (QED) is 0.852. The van der Waals surface area contributed by atoms with E-state index in [0.717, 1.165) is 17.1 Å². The number of carbonyl (C=O) groups excluding carboxylic acids is 1. The molecular weight excluding hydrogens is 274 g/mol. The van der Waals surface area contributed by atoms with Crippen molar-refractivity contribution in [1.82, 2.24) is 5.32 Å². The maximum atomic E-state index is 11.7. The van der Waals surface area contributed by atoms with Crippen molar-refractivity contribution < 1.29 is 13.9 Å². The Hall–Kier alpha value is -1.88. The summed E-state index contributed by atoms with van der Waals surface area (Å²) >= 11 is 1.53. The number of carbonyl (C=O) groups is 1. The summed E-state index contributed by atoms with van der Waals surface area (Å²) in [4.78, 5) is 11.7. The van der Waals surface area contributed by atoms with E-state index in [0.29, 0.717) is 18.1 Å². The number of para-hydroxylation sites is 1. The number of hydrogen-bond acceptors (Lipinski definition) is 4. The number of rotatable bonds is 7. The minimum absolute atomic E-state index is 0.00691. The van der Waals surface area contributed by atoms with Crippen molar-refractivity contribution in [3.05, 3.63) is 54.0 Å². The molecule has 1 aromatic carbocycles. The van der Waals surface area contributed by atoms with Crippen LogP contribution in [-0.2, 0) is 17.1 Å². The molecule has 2 aromatic rings. The molecule has 2 rings (SSSR count). The Morgan fingerprint density at radius 2 is 2.15 bits per heavy atom. The third kappa shape index (κ3) is 4.35. The highest BCUT2D eigenvalue weighted by Gasteiger charge is 2.05. The average molecular weight is 291 g/mol. The number of benzene rings is 1. The zero-order valence-corrected chi connectivity index (χ0v) is 12.1. The van der Waals surface area contributed by atoms with Gasteiger partial charge in [-0.05, 0) is 18.2 Å². The van der Waals surface area contributed by atoms with Crippen LogP contribution in [0.1, 0.15) is 11.3 Å². The second-order valence-corrected chi connectivity index (χ2v) is 5.15. The predicted molar refractivity (Wildman–Crippen MR) is 79.7 cm³/mol. The minimum Gasteiger partial charge on any atom is -0.496 e. The molecule has 0 fully saturated rings. The van der Waals surface area contributed by atoms with Gasteiger partial charge in [-0.1, -0.05) is 18.2 Å². The van der Waals surface area contributed by atoms with Crippen LogP contribution < -0.4 is 10.1 Å². The van der Waals surface area contributed by atoms with Crippen molar-refractivity contribution in [3.63, 3.8) is 0 Å². The van der Waals surface area contributed by atoms with Crippen LogP contribution in [0.25, 0.3) is 0 Å². The third-order valence-corrected chi connectivity index (χ3v) is 3.68. The van der Waals surface area contributed by atoms with Gasteiger partial charge in [0.2, 0.25) is 5.91 Å². The summed E-state index contributed by atoms with van der Waals surface area (Å²) < 4.78 is 10.4. The first-order valence-corrected chi connectivity index (χ1v) is 7.44. The molecule has 20 heavy (non-hydrogen) atoms. The molecule has 1 amide bonds. The molecule has 4 nitrogen and oxygen atoms in total. The number of ether oxygens (including phenoxy) is 1. The van der Waals surface area contributed by atoms with Crippen molar-refractivity contribution in [2.75, 3.05) is 12.9 Å². The van der Waals surface area contributed by atoms with Crippen LogP contribution in [0.2, 0.25) is 0 Å². The fourth-order valence-electron chi connectivity index (χ4n) is 1.73. The SMILES string of the molecule is COc1ccccc1CNC(=O)CSCc1ccco1. The van der Waals surface area contributed by atoms with E-state index < -0.39 is 0 Å². The Morgan fingerprint density at radius 3 is 2.90 bits per heavy atom. The molecule has 5 heteroatoms. The molecule has 0 aliphatic carbocycles. The van der Waals surface area contributed by atoms with Gasteiger partial charge in [0, 0.05) is 12.1 Å². The predicted octanol–water partition coefficient (Wildman–Crippen LogP) is 2.84. The number of methoxy groups -OCH3 is 1. The summed E-state index contributed by atoms with van der Waals surface area (Å²) in [5.74, 6) is 2.79. The number of amides is 1. The summed E-state index contributed by atoms with van der Waals surface area (Å²) in [6, 6.07) is 11.4. The van der Waals surface area contributed by atoms with Crippen molar-refractivity contribution in [2.24, 2.45) is 0 Å². The van der Waals surface area contributed by atoms with Gasteiger partial charge in [0.15, 0.2) is 0 Å². The second kappa shape index (κ2) is 7.65. The number of hydrogen-bond donors (Lipinski definition) is 1. The molecule has 0 bridgehead atoms. The summed E-state index contributed by atoms with van der Waals surface area (Å²) in [6.45, 7) is 0.476. The highest BCUT2D eigenvalue weighted by Crippen LogP contribution is 2.17. The summed E-state index contributed by atoms with van der Waals surface area (Å²) in [6.07, 6.45) is 1.64. The lowest BCUT2D eigenvalue weighted by atomic mass is 10.2. The lowest BCUT2D eigenvalue weighted by Crippen LogP contribution is -2.24. The lowest BCUT2D eigenvalue weighted by Gasteiger charge is -2.09. The zero-order chi connectivity index (χ0) is 14.2. The third-order valence-electron chi connectivity index (χ3n) is 2.73. The van der Waals surface area contributed by atoms with Gasteiger partial charge in [-0.25, -0.2) is 0 Å². The molecule has 0 saturated carbocycles. The first-order chi connectivity index (χ1) is 9.79. The average Bonchev–Trinajstić information content (AvgIpc) is 2.98. The van der Waals surface area contributed by atoms with E-state index in [1.165, 1.54) is 11.8 Å². The maximum Gasteiger partial charge on any atom is 0.230 e. The standard InChI is InChI=1S/C15H17NO3S/c1-18-14-7-3-2-5-12(14)9-16-15(17)11-20-10-13-6-4-8-19-13/h2-8H,9-11H2,1H3,(H,16,17). The maximum absolute atomic E-state index is 11.7. The van der Waals surface area contributed by atoms with E-state index in [2.05, 4.69) is 5.32 Å². The van der Waals surface area contributed by atoms with Gasteiger partial charge in [-0.15, -0.1) is 11.8 Å². The summed E-state index contributed by atoms with van der Waals surface area (Å²) in [5, 5.41) is 2.88. The first-order valence-electron chi connectivity index (χ1n) is 6.28. The fourth-order valence-corrected chi connectivity index (χ4v) is 2.49. The molecule has 0 radical (unpaired) electrons. The van der Waals surface area contributed by atoms with Gasteiger partial charge in [0.05, 0.1) is 24.9 Å². The number of nitrogens with one attached hydrogen (secondary N) is 1. The van der Waals surface area contributed by atoms with Gasteiger partial charge in [0.1, 0.15) is 11.5 Å². The number of furan rings is 1. The molecule has 0 saturated heterocycles. The normalized spacial score (nSPS) is 10.2. The molecule has 1 aromatic heterocycles. The highest BCUT2D eigenvalue weighted by molar-refractivity contribution is 7.99. The molecule has 0 atom stereocenters. The first kappa shape index (κ1) is 14.5. The highest BCUT2D eigenvalue weighted by atomic mass is 32.2. The monoisotopic (exact) mass is 291 g/mol. The second-order valence-electron chi connectivity index (χ2n) is 4.16. The largest absolute Gasteiger partial charge is 0.496 e. The summed E-state index contributed by atoms with van der Waals surface area (Å²) in [5.41, 5.74) is 0.972. The van der Waals surface area contributed by atoms with Crippen LogP contribution >= 0.6 is 11.8 Å². The van der Waals surface area contributed by atoms with E-state index in [9.17, 15) is 4.79 Å². The number of thioether (sulfide) groups is 1. The van der Waals surface area contributed by atoms with Crippen molar-refractivity contribution in [1.29, 1.82) is 0 Å². The van der Waals surface area contributed by atoms with Crippen LogP contribution in [-0.4, -0.2) is 18.8 Å². The molecule has 0 spiro atoms.